The van der Waals surface area contributed by atoms with Crippen molar-refractivity contribution < 1.29 is 9.90 Å². The summed E-state index contributed by atoms with van der Waals surface area (Å²) >= 11 is 0. The predicted octanol–water partition coefficient (Wildman–Crippen LogP) is 2.61. The lowest BCUT2D eigenvalue weighted by Gasteiger charge is -2.50. The second-order valence-corrected chi connectivity index (χ2v) is 7.09. The SMILES string of the molecule is CC(C)(C)CC(CC(=O)O)N1CC(C)(C)C1. The first kappa shape index (κ1) is 13.5. The van der Waals surface area contributed by atoms with E-state index >= 15 is 0 Å². The van der Waals surface area contributed by atoms with E-state index < -0.39 is 5.97 Å². The van der Waals surface area contributed by atoms with Crippen LogP contribution in [0.2, 0.25) is 0 Å². The van der Waals surface area contributed by atoms with Crippen molar-refractivity contribution in [1.82, 2.24) is 4.90 Å². The summed E-state index contributed by atoms with van der Waals surface area (Å²) in [6.45, 7) is 13.0. The second kappa shape index (κ2) is 4.36. The Balaban J connectivity index is 2.55. The molecule has 0 aromatic carbocycles. The number of carbonyl (C=O) groups is 1. The largest absolute Gasteiger partial charge is 0.481 e. The van der Waals surface area contributed by atoms with Gasteiger partial charge < -0.3 is 5.11 Å². The number of aliphatic carboxylic acids is 1. The highest BCUT2D eigenvalue weighted by Crippen LogP contribution is 2.35. The molecule has 16 heavy (non-hydrogen) atoms. The molecule has 1 N–H and O–H groups in total. The van der Waals surface area contributed by atoms with Gasteiger partial charge in [0.1, 0.15) is 0 Å². The average molecular weight is 227 g/mol. The maximum Gasteiger partial charge on any atom is 0.304 e. The van der Waals surface area contributed by atoms with Crippen molar-refractivity contribution in [2.24, 2.45) is 10.8 Å². The van der Waals surface area contributed by atoms with E-state index in [9.17, 15) is 4.79 Å². The molecule has 0 aromatic rings. The molecule has 0 bridgehead atoms. The van der Waals surface area contributed by atoms with Crippen LogP contribution in [-0.2, 0) is 4.79 Å². The van der Waals surface area contributed by atoms with Crippen LogP contribution >= 0.6 is 0 Å². The molecule has 94 valence electrons. The van der Waals surface area contributed by atoms with Crippen molar-refractivity contribution in [3.8, 4) is 0 Å². The van der Waals surface area contributed by atoms with E-state index in [1.54, 1.807) is 0 Å². The van der Waals surface area contributed by atoms with Crippen molar-refractivity contribution in [1.29, 1.82) is 0 Å². The lowest BCUT2D eigenvalue weighted by molar-refractivity contribution is -0.140. The van der Waals surface area contributed by atoms with Crippen LogP contribution in [0.4, 0.5) is 0 Å². The first-order valence-electron chi connectivity index (χ1n) is 6.05. The number of hydrogen-bond acceptors (Lipinski definition) is 2. The van der Waals surface area contributed by atoms with E-state index in [4.69, 9.17) is 5.11 Å². The molecule has 0 spiro atoms. The molecule has 3 heteroatoms. The maximum atomic E-state index is 10.9. The Labute approximate surface area is 98.8 Å². The molecular formula is C13H25NO2. The minimum atomic E-state index is -0.682. The van der Waals surface area contributed by atoms with Crippen LogP contribution in [0.15, 0.2) is 0 Å². The van der Waals surface area contributed by atoms with Gasteiger partial charge in [-0.1, -0.05) is 34.6 Å². The third kappa shape index (κ3) is 4.12. The van der Waals surface area contributed by atoms with Crippen molar-refractivity contribution in [2.45, 2.75) is 53.5 Å². The third-order valence-electron chi connectivity index (χ3n) is 3.04. The fourth-order valence-corrected chi connectivity index (χ4v) is 2.55. The topological polar surface area (TPSA) is 40.5 Å². The summed E-state index contributed by atoms with van der Waals surface area (Å²) in [5, 5.41) is 8.95. The highest BCUT2D eigenvalue weighted by molar-refractivity contribution is 5.67. The molecule has 1 saturated heterocycles. The van der Waals surface area contributed by atoms with Crippen LogP contribution in [0.1, 0.15) is 47.5 Å². The molecule has 0 amide bonds. The van der Waals surface area contributed by atoms with Crippen LogP contribution in [0.3, 0.4) is 0 Å². The zero-order valence-electron chi connectivity index (χ0n) is 11.2. The number of likely N-dealkylation sites (tertiary alicyclic amines) is 1. The molecule has 1 rings (SSSR count). The summed E-state index contributed by atoms with van der Waals surface area (Å²) in [6.07, 6.45) is 1.22. The van der Waals surface area contributed by atoms with Gasteiger partial charge in [0.25, 0.3) is 0 Å². The van der Waals surface area contributed by atoms with Crippen molar-refractivity contribution >= 4 is 5.97 Å². The van der Waals surface area contributed by atoms with E-state index in [1.165, 1.54) is 0 Å². The highest BCUT2D eigenvalue weighted by atomic mass is 16.4. The van der Waals surface area contributed by atoms with Crippen molar-refractivity contribution in [3.05, 3.63) is 0 Å². The van der Waals surface area contributed by atoms with E-state index in [-0.39, 0.29) is 17.9 Å². The first-order chi connectivity index (χ1) is 7.09. The standard InChI is InChI=1S/C13H25NO2/c1-12(2,3)7-10(6-11(15)16)14-8-13(4,5)9-14/h10H,6-9H2,1-5H3,(H,15,16). The Hall–Kier alpha value is -0.570. The van der Waals surface area contributed by atoms with E-state index in [1.807, 2.05) is 0 Å². The minimum absolute atomic E-state index is 0.194. The zero-order valence-corrected chi connectivity index (χ0v) is 11.2. The summed E-state index contributed by atoms with van der Waals surface area (Å²) in [7, 11) is 0. The van der Waals surface area contributed by atoms with Crippen LogP contribution in [0, 0.1) is 10.8 Å². The highest BCUT2D eigenvalue weighted by Gasteiger charge is 2.39. The lowest BCUT2D eigenvalue weighted by atomic mass is 9.79. The Kier molecular flexibility index (Phi) is 3.68. The lowest BCUT2D eigenvalue weighted by Crippen LogP contribution is -2.58. The van der Waals surface area contributed by atoms with Gasteiger partial charge in [-0.2, -0.15) is 0 Å². The van der Waals surface area contributed by atoms with Gasteiger partial charge >= 0.3 is 5.97 Å². The normalized spacial score (nSPS) is 22.6. The quantitative estimate of drug-likeness (QED) is 0.802. The van der Waals surface area contributed by atoms with Crippen molar-refractivity contribution in [3.63, 3.8) is 0 Å². The number of nitrogens with zero attached hydrogens (tertiary/aromatic N) is 1. The monoisotopic (exact) mass is 227 g/mol. The smallest absolute Gasteiger partial charge is 0.304 e. The van der Waals surface area contributed by atoms with Crippen LogP contribution < -0.4 is 0 Å². The fraction of sp³-hybridized carbons (Fsp3) is 0.923. The number of carboxylic acid groups (broad SMARTS) is 1. The predicted molar refractivity (Wildman–Crippen MR) is 65.5 cm³/mol. The number of carboxylic acids is 1. The fourth-order valence-electron chi connectivity index (χ4n) is 2.55. The Morgan fingerprint density at radius 3 is 2.19 bits per heavy atom. The van der Waals surface area contributed by atoms with Crippen molar-refractivity contribution in [2.75, 3.05) is 13.1 Å². The Morgan fingerprint density at radius 2 is 1.88 bits per heavy atom. The third-order valence-corrected chi connectivity index (χ3v) is 3.04. The summed E-state index contributed by atoms with van der Waals surface area (Å²) in [6, 6.07) is 0.200. The molecule has 0 saturated carbocycles. The summed E-state index contributed by atoms with van der Waals surface area (Å²) in [5.41, 5.74) is 0.564. The Morgan fingerprint density at radius 1 is 1.38 bits per heavy atom. The van der Waals surface area contributed by atoms with E-state index in [2.05, 4.69) is 39.5 Å². The molecule has 0 radical (unpaired) electrons. The molecule has 0 aromatic heterocycles. The zero-order chi connectivity index (χ0) is 12.6. The molecule has 1 aliphatic heterocycles. The van der Waals surface area contributed by atoms with Crippen LogP contribution in [0.25, 0.3) is 0 Å². The van der Waals surface area contributed by atoms with E-state index in [0.29, 0.717) is 5.41 Å². The van der Waals surface area contributed by atoms with Gasteiger partial charge in [-0.15, -0.1) is 0 Å². The van der Waals surface area contributed by atoms with Gasteiger partial charge in [-0.05, 0) is 17.3 Å². The molecule has 3 nitrogen and oxygen atoms in total. The number of rotatable bonds is 4. The molecule has 1 fully saturated rings. The number of hydrogen-bond donors (Lipinski definition) is 1. The van der Waals surface area contributed by atoms with E-state index in [0.717, 1.165) is 19.5 Å². The van der Waals surface area contributed by atoms with Gasteiger partial charge in [0.05, 0.1) is 6.42 Å². The first-order valence-corrected chi connectivity index (χ1v) is 6.05. The molecule has 1 aliphatic rings. The van der Waals surface area contributed by atoms with Crippen LogP contribution in [-0.4, -0.2) is 35.1 Å². The average Bonchev–Trinajstić information content (AvgIpc) is 1.94. The summed E-state index contributed by atoms with van der Waals surface area (Å²) in [4.78, 5) is 13.2. The molecule has 1 atom stereocenters. The van der Waals surface area contributed by atoms with Crippen LogP contribution in [0.5, 0.6) is 0 Å². The molecular weight excluding hydrogens is 202 g/mol. The molecule has 1 heterocycles. The molecule has 1 unspecified atom stereocenters. The Bertz CT molecular complexity index is 258. The molecule has 0 aliphatic carbocycles. The van der Waals surface area contributed by atoms with Gasteiger partial charge in [0, 0.05) is 19.1 Å². The minimum Gasteiger partial charge on any atom is -0.481 e. The van der Waals surface area contributed by atoms with Gasteiger partial charge in [-0.3, -0.25) is 9.69 Å². The summed E-state index contributed by atoms with van der Waals surface area (Å²) in [5.74, 6) is -0.682. The van der Waals surface area contributed by atoms with Gasteiger partial charge in [-0.25, -0.2) is 0 Å². The van der Waals surface area contributed by atoms with Gasteiger partial charge in [0.15, 0.2) is 0 Å². The maximum absolute atomic E-state index is 10.9. The second-order valence-electron chi connectivity index (χ2n) is 7.09. The van der Waals surface area contributed by atoms with Gasteiger partial charge in [0.2, 0.25) is 0 Å². The summed E-state index contributed by atoms with van der Waals surface area (Å²) < 4.78 is 0.